The highest BCUT2D eigenvalue weighted by Gasteiger charge is 2.23. The van der Waals surface area contributed by atoms with Gasteiger partial charge in [-0.15, -0.1) is 0 Å². The van der Waals surface area contributed by atoms with E-state index in [0.29, 0.717) is 5.56 Å². The van der Waals surface area contributed by atoms with Crippen LogP contribution in [0.2, 0.25) is 0 Å². The fraction of sp³-hybridized carbons (Fsp3) is 0.364. The average molecular weight is 273 g/mol. The van der Waals surface area contributed by atoms with Crippen LogP contribution in [-0.2, 0) is 10.0 Å². The lowest BCUT2D eigenvalue weighted by Crippen LogP contribution is -2.30. The summed E-state index contributed by atoms with van der Waals surface area (Å²) in [6.45, 7) is 1.69. The maximum Gasteiger partial charge on any atom is 0.243 e. The van der Waals surface area contributed by atoms with Crippen LogP contribution in [0.5, 0.6) is 0 Å². The molecule has 3 N–H and O–H groups in total. The number of aryl methyl sites for hydroxylation is 1. The Balaban J connectivity index is 3.05. The van der Waals surface area contributed by atoms with E-state index in [1.807, 2.05) is 0 Å². The maximum absolute atomic E-state index is 13.1. The van der Waals surface area contributed by atoms with Crippen LogP contribution in [-0.4, -0.2) is 32.2 Å². The molecule has 0 saturated carbocycles. The fourth-order valence-electron chi connectivity index (χ4n) is 1.42. The minimum atomic E-state index is -3.75. The Hall–Kier alpha value is -1.47. The molecule has 0 unspecified atom stereocenters. The molecule has 1 aromatic rings. The van der Waals surface area contributed by atoms with Gasteiger partial charge >= 0.3 is 0 Å². The van der Waals surface area contributed by atoms with Gasteiger partial charge in [-0.05, 0) is 24.6 Å². The summed E-state index contributed by atoms with van der Waals surface area (Å²) in [6, 6.07) is 3.62. The highest BCUT2D eigenvalue weighted by atomic mass is 32.2. The van der Waals surface area contributed by atoms with Gasteiger partial charge in [-0.2, -0.15) is 0 Å². The van der Waals surface area contributed by atoms with E-state index in [9.17, 15) is 12.8 Å². The number of benzene rings is 1. The normalized spacial score (nSPS) is 11.8. The summed E-state index contributed by atoms with van der Waals surface area (Å²) in [5.41, 5.74) is 5.66. The fourth-order valence-corrected chi connectivity index (χ4v) is 2.82. The third-order valence-corrected chi connectivity index (χ3v) is 4.53. The summed E-state index contributed by atoms with van der Waals surface area (Å²) in [7, 11) is -2.37. The van der Waals surface area contributed by atoms with Crippen LogP contribution < -0.4 is 5.73 Å². The second-order valence-corrected chi connectivity index (χ2v) is 6.02. The maximum atomic E-state index is 13.1. The van der Waals surface area contributed by atoms with Gasteiger partial charge in [-0.1, -0.05) is 6.07 Å². The summed E-state index contributed by atoms with van der Waals surface area (Å²) >= 11 is 0. The Kier molecular flexibility index (Phi) is 4.42. The van der Waals surface area contributed by atoms with Crippen LogP contribution in [0.3, 0.4) is 0 Å². The Morgan fingerprint density at radius 1 is 1.50 bits per heavy atom. The lowest BCUT2D eigenvalue weighted by atomic mass is 10.2. The molecule has 18 heavy (non-hydrogen) atoms. The Bertz CT molecular complexity index is 557. The first kappa shape index (κ1) is 14.6. The van der Waals surface area contributed by atoms with E-state index in [1.54, 1.807) is 6.92 Å². The number of nitrogens with one attached hydrogen (secondary N) is 1. The predicted octanol–water partition coefficient (Wildman–Crippen LogP) is 1.08. The van der Waals surface area contributed by atoms with E-state index in [0.717, 1.165) is 10.4 Å². The van der Waals surface area contributed by atoms with Crippen LogP contribution in [0.15, 0.2) is 23.1 Å². The number of nitrogens with two attached hydrogens (primary N) is 1. The smallest absolute Gasteiger partial charge is 0.243 e. The lowest BCUT2D eigenvalue weighted by molar-refractivity contribution is 0.476. The molecular formula is C11H16FN3O2S. The van der Waals surface area contributed by atoms with E-state index in [2.05, 4.69) is 0 Å². The van der Waals surface area contributed by atoms with Crippen molar-refractivity contribution in [2.75, 3.05) is 13.6 Å². The van der Waals surface area contributed by atoms with Crippen molar-refractivity contribution in [2.24, 2.45) is 5.73 Å². The van der Waals surface area contributed by atoms with Gasteiger partial charge in [0.1, 0.15) is 5.82 Å². The SMILES string of the molecule is Cc1ccc(F)cc1S(=O)(=O)N(C)CCC(=N)N. The number of amidine groups is 1. The first-order valence-electron chi connectivity index (χ1n) is 5.30. The number of hydrogen-bond donors (Lipinski definition) is 2. The second kappa shape index (κ2) is 5.45. The van der Waals surface area contributed by atoms with Crippen molar-refractivity contribution in [2.45, 2.75) is 18.2 Å². The molecule has 1 aromatic carbocycles. The third kappa shape index (κ3) is 3.27. The molecule has 0 saturated heterocycles. The summed E-state index contributed by atoms with van der Waals surface area (Å²) in [6.07, 6.45) is 0.143. The quantitative estimate of drug-likeness (QED) is 0.621. The molecule has 0 radical (unpaired) electrons. The first-order chi connectivity index (χ1) is 8.25. The van der Waals surface area contributed by atoms with Gasteiger partial charge in [0.25, 0.3) is 0 Å². The average Bonchev–Trinajstić information content (AvgIpc) is 2.28. The van der Waals surface area contributed by atoms with Crippen molar-refractivity contribution in [3.8, 4) is 0 Å². The van der Waals surface area contributed by atoms with Gasteiger partial charge in [0.2, 0.25) is 10.0 Å². The summed E-state index contributed by atoms with van der Waals surface area (Å²) in [4.78, 5) is -0.0615. The molecule has 5 nitrogen and oxygen atoms in total. The minimum absolute atomic E-state index is 0.0615. The lowest BCUT2D eigenvalue weighted by Gasteiger charge is -2.18. The molecule has 7 heteroatoms. The molecule has 0 bridgehead atoms. The molecule has 0 aliphatic carbocycles. The molecule has 0 fully saturated rings. The zero-order valence-corrected chi connectivity index (χ0v) is 11.1. The van der Waals surface area contributed by atoms with E-state index in [4.69, 9.17) is 11.1 Å². The van der Waals surface area contributed by atoms with Crippen LogP contribution in [0.25, 0.3) is 0 Å². The topological polar surface area (TPSA) is 87.2 Å². The summed E-state index contributed by atoms with van der Waals surface area (Å²) in [5.74, 6) is -0.688. The first-order valence-corrected chi connectivity index (χ1v) is 6.74. The molecular weight excluding hydrogens is 257 g/mol. The zero-order valence-electron chi connectivity index (χ0n) is 10.3. The molecule has 0 aliphatic heterocycles. The predicted molar refractivity (Wildman–Crippen MR) is 67.5 cm³/mol. The molecule has 0 spiro atoms. The number of rotatable bonds is 5. The molecule has 100 valence electrons. The van der Waals surface area contributed by atoms with E-state index < -0.39 is 15.8 Å². The van der Waals surface area contributed by atoms with Crippen LogP contribution in [0, 0.1) is 18.2 Å². The van der Waals surface area contributed by atoms with Gasteiger partial charge in [0.15, 0.2) is 0 Å². The van der Waals surface area contributed by atoms with Crippen LogP contribution in [0.1, 0.15) is 12.0 Å². The van der Waals surface area contributed by atoms with Gasteiger partial charge in [-0.3, -0.25) is 5.41 Å². The summed E-state index contributed by atoms with van der Waals surface area (Å²) < 4.78 is 38.5. The Labute approximate surface area is 106 Å². The number of hydrogen-bond acceptors (Lipinski definition) is 3. The second-order valence-electron chi connectivity index (χ2n) is 4.01. The molecule has 1 rings (SSSR count). The van der Waals surface area contributed by atoms with Crippen LogP contribution >= 0.6 is 0 Å². The van der Waals surface area contributed by atoms with Gasteiger partial charge in [0.05, 0.1) is 10.7 Å². The zero-order chi connectivity index (χ0) is 13.9. The Morgan fingerprint density at radius 2 is 2.11 bits per heavy atom. The molecule has 0 atom stereocenters. The highest BCUT2D eigenvalue weighted by Crippen LogP contribution is 2.20. The number of halogens is 1. The molecule has 0 aliphatic rings. The van der Waals surface area contributed by atoms with Gasteiger partial charge in [0, 0.05) is 20.0 Å². The van der Waals surface area contributed by atoms with Crippen molar-refractivity contribution < 1.29 is 12.8 Å². The monoisotopic (exact) mass is 273 g/mol. The van der Waals surface area contributed by atoms with Crippen molar-refractivity contribution >= 4 is 15.9 Å². The van der Waals surface area contributed by atoms with Crippen LogP contribution in [0.4, 0.5) is 4.39 Å². The van der Waals surface area contributed by atoms with Crippen molar-refractivity contribution in [1.29, 1.82) is 5.41 Å². The molecule has 0 heterocycles. The van der Waals surface area contributed by atoms with E-state index in [-0.39, 0.29) is 23.7 Å². The molecule has 0 amide bonds. The van der Waals surface area contributed by atoms with Gasteiger partial charge in [-0.25, -0.2) is 17.1 Å². The van der Waals surface area contributed by atoms with Crippen molar-refractivity contribution in [3.63, 3.8) is 0 Å². The third-order valence-electron chi connectivity index (χ3n) is 2.53. The van der Waals surface area contributed by atoms with Crippen molar-refractivity contribution in [3.05, 3.63) is 29.6 Å². The molecule has 0 aromatic heterocycles. The number of nitrogens with zero attached hydrogens (tertiary/aromatic N) is 1. The van der Waals surface area contributed by atoms with Crippen molar-refractivity contribution in [1.82, 2.24) is 4.31 Å². The summed E-state index contributed by atoms with van der Waals surface area (Å²) in [5, 5.41) is 7.07. The largest absolute Gasteiger partial charge is 0.388 e. The minimum Gasteiger partial charge on any atom is -0.388 e. The Morgan fingerprint density at radius 3 is 2.67 bits per heavy atom. The standard InChI is InChI=1S/C11H16FN3O2S/c1-8-3-4-9(12)7-10(8)18(16,17)15(2)6-5-11(13)14/h3-4,7H,5-6H2,1-2H3,(H3,13,14). The highest BCUT2D eigenvalue weighted by molar-refractivity contribution is 7.89. The van der Waals surface area contributed by atoms with E-state index in [1.165, 1.54) is 19.2 Å². The van der Waals surface area contributed by atoms with Gasteiger partial charge < -0.3 is 5.73 Å². The van der Waals surface area contributed by atoms with E-state index >= 15 is 0 Å². The number of sulfonamides is 1.